The highest BCUT2D eigenvalue weighted by molar-refractivity contribution is 5.55. The molecule has 0 bridgehead atoms. The second-order valence-corrected chi connectivity index (χ2v) is 7.66. The fourth-order valence-electron chi connectivity index (χ4n) is 4.30. The molecule has 4 rings (SSSR count). The molecule has 1 aromatic carbocycles. The zero-order valence-electron chi connectivity index (χ0n) is 16.9. The summed E-state index contributed by atoms with van der Waals surface area (Å²) in [5.41, 5.74) is 4.89. The van der Waals surface area contributed by atoms with Gasteiger partial charge in [0.15, 0.2) is 0 Å². The lowest BCUT2D eigenvalue weighted by Crippen LogP contribution is -2.36. The predicted octanol–water partition coefficient (Wildman–Crippen LogP) is 4.41. The zero-order valence-corrected chi connectivity index (χ0v) is 16.9. The molecule has 0 amide bonds. The Balaban J connectivity index is 1.53. The van der Waals surface area contributed by atoms with Crippen molar-refractivity contribution in [1.29, 1.82) is 0 Å². The Morgan fingerprint density at radius 1 is 1.14 bits per heavy atom. The summed E-state index contributed by atoms with van der Waals surface area (Å²) in [6.07, 6.45) is 8.05. The number of imidazole rings is 1. The number of aromatic nitrogens is 3. The van der Waals surface area contributed by atoms with E-state index in [2.05, 4.69) is 46.5 Å². The summed E-state index contributed by atoms with van der Waals surface area (Å²) in [7, 11) is 1.73. The molecule has 1 atom stereocenters. The van der Waals surface area contributed by atoms with Gasteiger partial charge in [0.25, 0.3) is 0 Å². The minimum Gasteiger partial charge on any atom is -0.496 e. The third kappa shape index (κ3) is 3.80. The molecular weight excluding hydrogens is 348 g/mol. The maximum Gasteiger partial charge on any atom is 0.140 e. The molecule has 1 fully saturated rings. The van der Waals surface area contributed by atoms with Crippen LogP contribution in [0.2, 0.25) is 0 Å². The number of piperidine rings is 1. The van der Waals surface area contributed by atoms with Crippen molar-refractivity contribution < 1.29 is 4.74 Å². The fraction of sp³-hybridized carbons (Fsp3) is 0.391. The number of hydrogen-bond donors (Lipinski definition) is 0. The molecule has 0 spiro atoms. The molecule has 5 nitrogen and oxygen atoms in total. The summed E-state index contributed by atoms with van der Waals surface area (Å²) >= 11 is 0. The van der Waals surface area contributed by atoms with Gasteiger partial charge in [-0.05, 0) is 62.6 Å². The maximum absolute atomic E-state index is 5.40. The number of methoxy groups -OCH3 is 1. The molecule has 3 aromatic rings. The van der Waals surface area contributed by atoms with Crippen LogP contribution in [0.15, 0.2) is 48.9 Å². The number of aryl methyl sites for hydroxylation is 2. The van der Waals surface area contributed by atoms with Crippen molar-refractivity contribution in [2.24, 2.45) is 0 Å². The number of nitrogens with zero attached hydrogens (tertiary/aromatic N) is 4. The minimum absolute atomic E-state index is 0.443. The van der Waals surface area contributed by atoms with E-state index >= 15 is 0 Å². The van der Waals surface area contributed by atoms with Crippen LogP contribution in [0.1, 0.15) is 35.7 Å². The summed E-state index contributed by atoms with van der Waals surface area (Å²) in [5, 5.41) is 0. The molecule has 146 valence electrons. The Bertz CT molecular complexity index is 935. The van der Waals surface area contributed by atoms with Crippen molar-refractivity contribution in [3.05, 3.63) is 65.7 Å². The number of benzene rings is 1. The van der Waals surface area contributed by atoms with Crippen LogP contribution in [-0.2, 0) is 6.54 Å². The van der Waals surface area contributed by atoms with E-state index in [-0.39, 0.29) is 0 Å². The Kier molecular flexibility index (Phi) is 5.44. The summed E-state index contributed by atoms with van der Waals surface area (Å²) in [5.74, 6) is 2.00. The second kappa shape index (κ2) is 8.15. The van der Waals surface area contributed by atoms with Gasteiger partial charge in [0, 0.05) is 49.0 Å². The first-order chi connectivity index (χ1) is 13.7. The Hall–Kier alpha value is -2.66. The number of pyridine rings is 1. The highest BCUT2D eigenvalue weighted by Gasteiger charge is 2.25. The van der Waals surface area contributed by atoms with Gasteiger partial charge >= 0.3 is 0 Å². The molecule has 1 aliphatic heterocycles. The van der Waals surface area contributed by atoms with Crippen molar-refractivity contribution >= 4 is 0 Å². The highest BCUT2D eigenvalue weighted by Crippen LogP contribution is 2.30. The van der Waals surface area contributed by atoms with Crippen LogP contribution in [0.4, 0.5) is 0 Å². The van der Waals surface area contributed by atoms with Crippen molar-refractivity contribution in [3.63, 3.8) is 0 Å². The van der Waals surface area contributed by atoms with Gasteiger partial charge in [0.1, 0.15) is 11.6 Å². The average Bonchev–Trinajstić information content (AvgIpc) is 3.10. The number of ether oxygens (including phenoxy) is 1. The quantitative estimate of drug-likeness (QED) is 0.662. The number of likely N-dealkylation sites (tertiary alicyclic amines) is 1. The van der Waals surface area contributed by atoms with Crippen LogP contribution >= 0.6 is 0 Å². The molecule has 0 saturated carbocycles. The second-order valence-electron chi connectivity index (χ2n) is 7.66. The molecular formula is C23H28N4O. The van der Waals surface area contributed by atoms with Crippen LogP contribution in [-0.4, -0.2) is 39.6 Å². The van der Waals surface area contributed by atoms with Gasteiger partial charge in [0.05, 0.1) is 7.11 Å². The van der Waals surface area contributed by atoms with E-state index in [1.54, 1.807) is 7.11 Å². The van der Waals surface area contributed by atoms with Gasteiger partial charge < -0.3 is 9.30 Å². The Labute approximate surface area is 167 Å². The van der Waals surface area contributed by atoms with Crippen LogP contribution in [0, 0.1) is 13.8 Å². The first kappa shape index (κ1) is 18.7. The van der Waals surface area contributed by atoms with Crippen molar-refractivity contribution in [2.75, 3.05) is 20.2 Å². The largest absolute Gasteiger partial charge is 0.496 e. The fourth-order valence-corrected chi connectivity index (χ4v) is 4.30. The number of rotatable bonds is 5. The standard InChI is InChI=1S/C23H28N4O/c1-17-13-19(6-7-22(17)28-3)15-26-12-4-5-21(16-26)27-18(2)14-25-23(27)20-8-10-24-11-9-20/h6-11,13-14,21H,4-5,12,15-16H2,1-3H3/t21-/m0/s1. The van der Waals surface area contributed by atoms with Crippen molar-refractivity contribution in [2.45, 2.75) is 39.3 Å². The molecule has 5 heteroatoms. The minimum atomic E-state index is 0.443. The van der Waals surface area contributed by atoms with Gasteiger partial charge in [-0.2, -0.15) is 0 Å². The van der Waals surface area contributed by atoms with Crippen molar-refractivity contribution in [1.82, 2.24) is 19.4 Å². The Morgan fingerprint density at radius 2 is 1.96 bits per heavy atom. The van der Waals surface area contributed by atoms with E-state index in [9.17, 15) is 0 Å². The lowest BCUT2D eigenvalue weighted by molar-refractivity contribution is 0.170. The van der Waals surface area contributed by atoms with Gasteiger partial charge in [-0.25, -0.2) is 4.98 Å². The molecule has 0 N–H and O–H groups in total. The average molecular weight is 377 g/mol. The highest BCUT2D eigenvalue weighted by atomic mass is 16.5. The van der Waals surface area contributed by atoms with Gasteiger partial charge in [-0.3, -0.25) is 9.88 Å². The first-order valence-corrected chi connectivity index (χ1v) is 9.96. The molecule has 28 heavy (non-hydrogen) atoms. The smallest absolute Gasteiger partial charge is 0.140 e. The first-order valence-electron chi connectivity index (χ1n) is 9.96. The van der Waals surface area contributed by atoms with Gasteiger partial charge in [0.2, 0.25) is 0 Å². The normalized spacial score (nSPS) is 17.6. The summed E-state index contributed by atoms with van der Waals surface area (Å²) in [6, 6.07) is 11.0. The van der Waals surface area contributed by atoms with Crippen LogP contribution in [0.25, 0.3) is 11.4 Å². The van der Waals surface area contributed by atoms with Crippen LogP contribution in [0.5, 0.6) is 5.75 Å². The maximum atomic E-state index is 5.40. The topological polar surface area (TPSA) is 43.2 Å². The van der Waals surface area contributed by atoms with Crippen molar-refractivity contribution in [3.8, 4) is 17.1 Å². The predicted molar refractivity (Wildman–Crippen MR) is 111 cm³/mol. The van der Waals surface area contributed by atoms with Gasteiger partial charge in [-0.15, -0.1) is 0 Å². The van der Waals surface area contributed by atoms with Gasteiger partial charge in [-0.1, -0.05) is 12.1 Å². The molecule has 2 aromatic heterocycles. The molecule has 0 unspecified atom stereocenters. The van der Waals surface area contributed by atoms with E-state index in [0.717, 1.165) is 36.8 Å². The molecule has 3 heterocycles. The summed E-state index contributed by atoms with van der Waals surface area (Å²) in [4.78, 5) is 11.4. The van der Waals surface area contributed by atoms with Crippen LogP contribution in [0.3, 0.4) is 0 Å². The Morgan fingerprint density at radius 3 is 2.71 bits per heavy atom. The van der Waals surface area contributed by atoms with E-state index in [4.69, 9.17) is 9.72 Å². The lowest BCUT2D eigenvalue weighted by atomic mass is 10.0. The summed E-state index contributed by atoms with van der Waals surface area (Å²) in [6.45, 7) is 7.42. The molecule has 1 aliphatic rings. The molecule has 1 saturated heterocycles. The molecule has 0 aliphatic carbocycles. The third-order valence-electron chi connectivity index (χ3n) is 5.63. The monoisotopic (exact) mass is 376 g/mol. The van der Waals surface area contributed by atoms with E-state index in [1.165, 1.54) is 29.7 Å². The zero-order chi connectivity index (χ0) is 19.5. The van der Waals surface area contributed by atoms with E-state index in [1.807, 2.05) is 30.7 Å². The van der Waals surface area contributed by atoms with Crippen LogP contribution < -0.4 is 4.74 Å². The SMILES string of the molecule is COc1ccc(CN2CCC[C@H](n3c(C)cnc3-c3ccncc3)C2)cc1C. The number of hydrogen-bond acceptors (Lipinski definition) is 4. The van der Waals surface area contributed by atoms with E-state index in [0.29, 0.717) is 6.04 Å². The lowest BCUT2D eigenvalue weighted by Gasteiger charge is -2.35. The van der Waals surface area contributed by atoms with E-state index < -0.39 is 0 Å². The third-order valence-corrected chi connectivity index (χ3v) is 5.63. The molecule has 0 radical (unpaired) electrons. The summed E-state index contributed by atoms with van der Waals surface area (Å²) < 4.78 is 7.81.